The van der Waals surface area contributed by atoms with Crippen molar-refractivity contribution in [3.05, 3.63) is 35.9 Å². The predicted molar refractivity (Wildman–Crippen MR) is 125 cm³/mol. The molecule has 0 radical (unpaired) electrons. The Labute approximate surface area is 207 Å². The minimum Gasteiger partial charge on any atom is -0.481 e. The van der Waals surface area contributed by atoms with Crippen molar-refractivity contribution >= 4 is 35.6 Å². The third kappa shape index (κ3) is 8.65. The number of likely N-dealkylation sites (tertiary alicyclic amines) is 1. The number of carboxylic acid groups (broad SMARTS) is 2. The van der Waals surface area contributed by atoms with E-state index < -0.39 is 73.2 Å². The van der Waals surface area contributed by atoms with Crippen LogP contribution in [0.1, 0.15) is 31.2 Å². The minimum absolute atomic E-state index is 0.107. The number of nitrogens with zero attached hydrogens (tertiary/aromatic N) is 1. The number of hydrogen-bond donors (Lipinski definition) is 6. The Hall–Kier alpha value is -4.00. The summed E-state index contributed by atoms with van der Waals surface area (Å²) in [7, 11) is 0. The van der Waals surface area contributed by atoms with Crippen molar-refractivity contribution in [1.29, 1.82) is 0 Å². The lowest BCUT2D eigenvalue weighted by atomic mass is 10.0. The van der Waals surface area contributed by atoms with E-state index in [1.807, 2.05) is 0 Å². The lowest BCUT2D eigenvalue weighted by Gasteiger charge is -2.27. The van der Waals surface area contributed by atoms with Crippen LogP contribution in [0.25, 0.3) is 0 Å². The van der Waals surface area contributed by atoms with Crippen molar-refractivity contribution in [2.45, 2.75) is 50.2 Å². The molecule has 1 saturated heterocycles. The van der Waals surface area contributed by atoms with E-state index >= 15 is 0 Å². The first-order valence-electron chi connectivity index (χ1n) is 11.5. The minimum atomic E-state index is -1.22. The van der Waals surface area contributed by atoms with Crippen molar-refractivity contribution in [3.63, 3.8) is 0 Å². The third-order valence-electron chi connectivity index (χ3n) is 5.64. The van der Waals surface area contributed by atoms with Crippen LogP contribution in [0.3, 0.4) is 0 Å². The molecule has 0 saturated carbocycles. The fourth-order valence-corrected chi connectivity index (χ4v) is 3.86. The van der Waals surface area contributed by atoms with Gasteiger partial charge in [-0.25, -0.2) is 4.79 Å². The molecule has 3 atom stereocenters. The van der Waals surface area contributed by atoms with Gasteiger partial charge in [0.05, 0.1) is 13.1 Å². The Bertz CT molecular complexity index is 971. The molecule has 1 aromatic carbocycles. The van der Waals surface area contributed by atoms with E-state index in [2.05, 4.69) is 16.0 Å². The number of rotatable bonds is 13. The number of nitrogens with two attached hydrogens (primary N) is 1. The molecule has 1 heterocycles. The van der Waals surface area contributed by atoms with Gasteiger partial charge in [-0.2, -0.15) is 0 Å². The van der Waals surface area contributed by atoms with E-state index in [1.54, 1.807) is 30.3 Å². The van der Waals surface area contributed by atoms with E-state index in [0.717, 1.165) is 5.56 Å². The molecule has 13 heteroatoms. The van der Waals surface area contributed by atoms with E-state index in [9.17, 15) is 33.9 Å². The maximum absolute atomic E-state index is 13.2. The summed E-state index contributed by atoms with van der Waals surface area (Å²) in [6.45, 7) is -0.712. The van der Waals surface area contributed by atoms with Crippen molar-refractivity contribution in [1.82, 2.24) is 20.9 Å². The average Bonchev–Trinajstić information content (AvgIpc) is 3.35. The Kier molecular flexibility index (Phi) is 10.8. The molecule has 36 heavy (non-hydrogen) atoms. The first-order chi connectivity index (χ1) is 17.1. The molecule has 3 unspecified atom stereocenters. The number of aliphatic carboxylic acids is 2. The van der Waals surface area contributed by atoms with Crippen LogP contribution in [0.2, 0.25) is 0 Å². The van der Waals surface area contributed by atoms with Gasteiger partial charge in [0.25, 0.3) is 0 Å². The topological polar surface area (TPSA) is 208 Å². The summed E-state index contributed by atoms with van der Waals surface area (Å²) in [5.74, 6) is -5.01. The van der Waals surface area contributed by atoms with Gasteiger partial charge >= 0.3 is 11.9 Å². The van der Waals surface area contributed by atoms with Crippen molar-refractivity contribution < 1.29 is 39.0 Å². The Morgan fingerprint density at radius 3 is 2.28 bits per heavy atom. The van der Waals surface area contributed by atoms with E-state index in [-0.39, 0.29) is 19.4 Å². The molecule has 2 rings (SSSR count). The highest BCUT2D eigenvalue weighted by Crippen LogP contribution is 2.19. The number of carbonyl (C=O) groups is 6. The zero-order valence-electron chi connectivity index (χ0n) is 19.6. The number of carbonyl (C=O) groups excluding carboxylic acids is 4. The molecular formula is C23H31N5O8. The summed E-state index contributed by atoms with van der Waals surface area (Å²) in [4.78, 5) is 73.5. The first-order valence-corrected chi connectivity index (χ1v) is 11.5. The van der Waals surface area contributed by atoms with Gasteiger partial charge in [-0.3, -0.25) is 24.0 Å². The molecule has 1 aliphatic rings. The standard InChI is InChI=1S/C23H31N5O8/c24-12-18(29)26-15(8-9-20(31)32)21(33)25-13-19(30)27-16(11-14-5-2-1-3-6-14)22(34)28-10-4-7-17(28)23(35)36/h1-3,5-6,15-17H,4,7-13,24H2,(H,25,33)(H,26,29)(H,27,30)(H,31,32)(H,35,36). The molecule has 7 N–H and O–H groups in total. The Morgan fingerprint density at radius 2 is 1.67 bits per heavy atom. The maximum Gasteiger partial charge on any atom is 0.326 e. The quantitative estimate of drug-likeness (QED) is 0.179. The third-order valence-corrected chi connectivity index (χ3v) is 5.64. The summed E-state index contributed by atoms with van der Waals surface area (Å²) in [5.41, 5.74) is 5.97. The second kappa shape index (κ2) is 13.8. The largest absolute Gasteiger partial charge is 0.481 e. The van der Waals surface area contributed by atoms with Gasteiger partial charge in [0.1, 0.15) is 18.1 Å². The van der Waals surface area contributed by atoms with Crippen LogP contribution in [-0.2, 0) is 35.2 Å². The van der Waals surface area contributed by atoms with Gasteiger partial charge in [0, 0.05) is 19.4 Å². The summed E-state index contributed by atoms with van der Waals surface area (Å²) >= 11 is 0. The number of carboxylic acids is 2. The van der Waals surface area contributed by atoms with Crippen LogP contribution in [0.5, 0.6) is 0 Å². The number of hydrogen-bond acceptors (Lipinski definition) is 7. The van der Waals surface area contributed by atoms with Crippen LogP contribution in [-0.4, -0.2) is 88.4 Å². The predicted octanol–water partition coefficient (Wildman–Crippen LogP) is -1.79. The van der Waals surface area contributed by atoms with E-state index in [0.29, 0.717) is 12.8 Å². The lowest BCUT2D eigenvalue weighted by Crippen LogP contribution is -2.55. The number of amides is 4. The number of benzene rings is 1. The average molecular weight is 506 g/mol. The molecule has 1 aromatic rings. The monoisotopic (exact) mass is 505 g/mol. The summed E-state index contributed by atoms with van der Waals surface area (Å²) in [5, 5.41) is 25.5. The van der Waals surface area contributed by atoms with E-state index in [4.69, 9.17) is 10.8 Å². The first kappa shape index (κ1) is 28.2. The van der Waals surface area contributed by atoms with Crippen LogP contribution >= 0.6 is 0 Å². The number of nitrogens with one attached hydrogen (secondary N) is 3. The lowest BCUT2D eigenvalue weighted by molar-refractivity contribution is -0.149. The summed E-state index contributed by atoms with van der Waals surface area (Å²) < 4.78 is 0. The smallest absolute Gasteiger partial charge is 0.326 e. The highest BCUT2D eigenvalue weighted by atomic mass is 16.4. The van der Waals surface area contributed by atoms with Crippen LogP contribution in [0, 0.1) is 0 Å². The van der Waals surface area contributed by atoms with E-state index in [1.165, 1.54) is 4.90 Å². The fraction of sp³-hybridized carbons (Fsp3) is 0.478. The molecule has 0 spiro atoms. The summed E-state index contributed by atoms with van der Waals surface area (Å²) in [6, 6.07) is 5.58. The molecule has 196 valence electrons. The molecule has 1 aliphatic heterocycles. The van der Waals surface area contributed by atoms with Crippen LogP contribution in [0.4, 0.5) is 0 Å². The second-order valence-electron chi connectivity index (χ2n) is 8.31. The molecule has 0 bridgehead atoms. The maximum atomic E-state index is 13.2. The highest BCUT2D eigenvalue weighted by molar-refractivity contribution is 5.94. The van der Waals surface area contributed by atoms with Crippen molar-refractivity contribution in [3.8, 4) is 0 Å². The van der Waals surface area contributed by atoms with Gasteiger partial charge in [-0.05, 0) is 24.8 Å². The van der Waals surface area contributed by atoms with Gasteiger partial charge in [0.2, 0.25) is 23.6 Å². The van der Waals surface area contributed by atoms with Crippen LogP contribution in [0.15, 0.2) is 30.3 Å². The second-order valence-corrected chi connectivity index (χ2v) is 8.31. The zero-order chi connectivity index (χ0) is 26.7. The molecule has 0 aromatic heterocycles. The SMILES string of the molecule is NCC(=O)NC(CCC(=O)O)C(=O)NCC(=O)NC(Cc1ccccc1)C(=O)N1CCCC1C(=O)O. The highest BCUT2D eigenvalue weighted by Gasteiger charge is 2.37. The van der Waals surface area contributed by atoms with Gasteiger partial charge < -0.3 is 36.8 Å². The van der Waals surface area contributed by atoms with Gasteiger partial charge in [0.15, 0.2) is 0 Å². The zero-order valence-corrected chi connectivity index (χ0v) is 19.6. The van der Waals surface area contributed by atoms with Gasteiger partial charge in [-0.1, -0.05) is 30.3 Å². The van der Waals surface area contributed by atoms with Crippen LogP contribution < -0.4 is 21.7 Å². The van der Waals surface area contributed by atoms with Crippen molar-refractivity contribution in [2.75, 3.05) is 19.6 Å². The fourth-order valence-electron chi connectivity index (χ4n) is 3.86. The Balaban J connectivity index is 2.06. The molecular weight excluding hydrogens is 474 g/mol. The molecule has 13 nitrogen and oxygen atoms in total. The van der Waals surface area contributed by atoms with Crippen molar-refractivity contribution in [2.24, 2.45) is 5.73 Å². The Morgan fingerprint density at radius 1 is 1.00 bits per heavy atom. The van der Waals surface area contributed by atoms with Gasteiger partial charge in [-0.15, -0.1) is 0 Å². The molecule has 0 aliphatic carbocycles. The molecule has 4 amide bonds. The summed E-state index contributed by atoms with van der Waals surface area (Å²) in [6.07, 6.45) is 0.334. The normalized spacial score (nSPS) is 16.5. The molecule has 1 fully saturated rings.